The molecule has 0 atom stereocenters. The number of aliphatic imine (C=N–C) groups is 1. The molecule has 0 aliphatic carbocycles. The average molecular weight is 293 g/mol. The second-order valence-electron chi connectivity index (χ2n) is 5.19. The fraction of sp³-hybridized carbons (Fsp3) is 0.643. The van der Waals surface area contributed by atoms with Gasteiger partial charge in [-0.3, -0.25) is 9.79 Å². The Morgan fingerprint density at radius 1 is 1.48 bits per heavy atom. The number of nitrogens with one attached hydrogen (secondary N) is 1. The van der Waals surface area contributed by atoms with Gasteiger partial charge in [0.2, 0.25) is 5.91 Å². The minimum absolute atomic E-state index is 0.130. The van der Waals surface area contributed by atoms with Gasteiger partial charge in [-0.2, -0.15) is 0 Å². The van der Waals surface area contributed by atoms with Gasteiger partial charge in [-0.25, -0.2) is 0 Å². The van der Waals surface area contributed by atoms with Crippen LogP contribution < -0.4 is 5.32 Å². The molecule has 0 aromatic carbocycles. The topological polar surface area (TPSA) is 74.0 Å². The maximum Gasteiger partial charge on any atom is 0.241 e. The number of likely N-dealkylation sites (tertiary alicyclic amines) is 1. The van der Waals surface area contributed by atoms with Gasteiger partial charge in [0.05, 0.1) is 13.1 Å². The minimum Gasteiger partial charge on any atom is -0.364 e. The number of hydrogen-bond acceptors (Lipinski definition) is 4. The van der Waals surface area contributed by atoms with E-state index >= 15 is 0 Å². The average Bonchev–Trinajstić information content (AvgIpc) is 3.01. The Bertz CT molecular complexity index is 466. The Morgan fingerprint density at radius 3 is 2.86 bits per heavy atom. The molecule has 7 heteroatoms. The molecule has 0 spiro atoms. The van der Waals surface area contributed by atoms with E-state index in [1.807, 2.05) is 22.9 Å². The van der Waals surface area contributed by atoms with Crippen molar-refractivity contribution < 1.29 is 9.32 Å². The number of amides is 1. The van der Waals surface area contributed by atoms with Gasteiger partial charge >= 0.3 is 0 Å². The Hall–Kier alpha value is -2.05. The molecule has 1 aromatic rings. The van der Waals surface area contributed by atoms with E-state index in [2.05, 4.69) is 15.5 Å². The molecule has 21 heavy (non-hydrogen) atoms. The molecule has 1 aliphatic heterocycles. The number of rotatable bonds is 4. The van der Waals surface area contributed by atoms with Crippen molar-refractivity contribution >= 4 is 11.9 Å². The fourth-order valence-corrected chi connectivity index (χ4v) is 2.43. The predicted molar refractivity (Wildman–Crippen MR) is 79.8 cm³/mol. The van der Waals surface area contributed by atoms with Crippen molar-refractivity contribution in [3.05, 3.63) is 18.0 Å². The van der Waals surface area contributed by atoms with Gasteiger partial charge < -0.3 is 19.6 Å². The third-order valence-corrected chi connectivity index (χ3v) is 3.57. The van der Waals surface area contributed by atoms with Crippen molar-refractivity contribution in [2.24, 2.45) is 4.99 Å². The number of aromatic nitrogens is 1. The monoisotopic (exact) mass is 293 g/mol. The third kappa shape index (κ3) is 4.47. The van der Waals surface area contributed by atoms with Crippen molar-refractivity contribution in [3.8, 4) is 0 Å². The summed E-state index contributed by atoms with van der Waals surface area (Å²) in [6.45, 7) is 2.59. The van der Waals surface area contributed by atoms with E-state index in [0.29, 0.717) is 12.5 Å². The Labute approximate surface area is 125 Å². The number of guanidine groups is 1. The summed E-state index contributed by atoms with van der Waals surface area (Å²) in [5, 5.41) is 6.97. The lowest BCUT2D eigenvalue weighted by Crippen LogP contribution is -2.46. The van der Waals surface area contributed by atoms with E-state index in [9.17, 15) is 4.79 Å². The Balaban J connectivity index is 1.80. The molecule has 1 amide bonds. The number of carbonyl (C=O) groups is 1. The fourth-order valence-electron chi connectivity index (χ4n) is 2.43. The lowest BCUT2D eigenvalue weighted by molar-refractivity contribution is -0.130. The lowest BCUT2D eigenvalue weighted by Gasteiger charge is -2.28. The quantitative estimate of drug-likeness (QED) is 0.653. The van der Waals surface area contributed by atoms with Crippen LogP contribution in [0, 0.1) is 0 Å². The van der Waals surface area contributed by atoms with Gasteiger partial charge in [-0.1, -0.05) is 5.16 Å². The molecule has 1 N–H and O–H groups in total. The van der Waals surface area contributed by atoms with E-state index in [4.69, 9.17) is 4.52 Å². The molecule has 116 valence electrons. The van der Waals surface area contributed by atoms with Crippen LogP contribution in [-0.4, -0.2) is 60.6 Å². The van der Waals surface area contributed by atoms with Crippen LogP contribution in [0.5, 0.6) is 0 Å². The number of nitrogens with zero attached hydrogens (tertiary/aromatic N) is 4. The first kappa shape index (κ1) is 15.3. The zero-order chi connectivity index (χ0) is 15.1. The highest BCUT2D eigenvalue weighted by Gasteiger charge is 2.17. The summed E-state index contributed by atoms with van der Waals surface area (Å²) in [4.78, 5) is 20.1. The molecule has 1 fully saturated rings. The summed E-state index contributed by atoms with van der Waals surface area (Å²) in [7, 11) is 3.60. The van der Waals surface area contributed by atoms with Crippen LogP contribution >= 0.6 is 0 Å². The molecule has 1 saturated heterocycles. The third-order valence-electron chi connectivity index (χ3n) is 3.57. The first-order valence-electron chi connectivity index (χ1n) is 7.29. The van der Waals surface area contributed by atoms with Gasteiger partial charge in [0.1, 0.15) is 12.0 Å². The summed E-state index contributed by atoms with van der Waals surface area (Å²) >= 11 is 0. The Morgan fingerprint density at radius 2 is 2.24 bits per heavy atom. The molecular weight excluding hydrogens is 270 g/mol. The molecule has 2 rings (SSSR count). The van der Waals surface area contributed by atoms with E-state index in [1.54, 1.807) is 13.3 Å². The highest BCUT2D eigenvalue weighted by atomic mass is 16.5. The summed E-state index contributed by atoms with van der Waals surface area (Å²) in [6.07, 6.45) is 4.97. The summed E-state index contributed by atoms with van der Waals surface area (Å²) < 4.78 is 4.81. The van der Waals surface area contributed by atoms with Gasteiger partial charge in [-0.05, 0) is 19.3 Å². The first-order valence-corrected chi connectivity index (χ1v) is 7.29. The maximum absolute atomic E-state index is 12.1. The van der Waals surface area contributed by atoms with Crippen LogP contribution in [0.3, 0.4) is 0 Å². The first-order chi connectivity index (χ1) is 10.2. The molecular formula is C14H23N5O2. The van der Waals surface area contributed by atoms with Crippen molar-refractivity contribution in [2.45, 2.75) is 25.8 Å². The number of carbonyl (C=O) groups excluding carboxylic acids is 1. The van der Waals surface area contributed by atoms with Crippen molar-refractivity contribution in [1.29, 1.82) is 0 Å². The van der Waals surface area contributed by atoms with E-state index < -0.39 is 0 Å². The van der Waals surface area contributed by atoms with Crippen LogP contribution in [0.2, 0.25) is 0 Å². The van der Waals surface area contributed by atoms with Crippen molar-refractivity contribution in [1.82, 2.24) is 20.3 Å². The summed E-state index contributed by atoms with van der Waals surface area (Å²) in [6, 6.07) is 1.81. The maximum atomic E-state index is 12.1. The molecule has 0 saturated carbocycles. The second kappa shape index (κ2) is 7.66. The van der Waals surface area contributed by atoms with Crippen molar-refractivity contribution in [3.63, 3.8) is 0 Å². The highest BCUT2D eigenvalue weighted by molar-refractivity contribution is 5.86. The highest BCUT2D eigenvalue weighted by Crippen LogP contribution is 2.08. The standard InChI is InChI=1S/C14H23N5O2/c1-15-14(18(2)11-12-6-9-21-17-12)16-10-13(20)19-7-4-3-5-8-19/h6,9H,3-5,7-8,10-11H2,1-2H3,(H,15,16). The molecule has 0 unspecified atom stereocenters. The second-order valence-corrected chi connectivity index (χ2v) is 5.19. The van der Waals surface area contributed by atoms with E-state index in [0.717, 1.165) is 31.6 Å². The molecule has 1 aromatic heterocycles. The minimum atomic E-state index is 0.130. The zero-order valence-corrected chi connectivity index (χ0v) is 12.7. The normalized spacial score (nSPS) is 15.9. The van der Waals surface area contributed by atoms with Crippen LogP contribution in [0.15, 0.2) is 21.8 Å². The zero-order valence-electron chi connectivity index (χ0n) is 12.7. The van der Waals surface area contributed by atoms with Crippen LogP contribution in [0.25, 0.3) is 0 Å². The van der Waals surface area contributed by atoms with Gasteiger partial charge in [0.25, 0.3) is 0 Å². The molecule has 0 radical (unpaired) electrons. The van der Waals surface area contributed by atoms with E-state index in [-0.39, 0.29) is 12.5 Å². The molecule has 1 aliphatic rings. The Kier molecular flexibility index (Phi) is 5.59. The predicted octanol–water partition coefficient (Wildman–Crippen LogP) is 0.694. The lowest BCUT2D eigenvalue weighted by atomic mass is 10.1. The largest absolute Gasteiger partial charge is 0.364 e. The van der Waals surface area contributed by atoms with E-state index in [1.165, 1.54) is 6.42 Å². The number of piperidine rings is 1. The molecule has 7 nitrogen and oxygen atoms in total. The summed E-state index contributed by atoms with van der Waals surface area (Å²) in [5.41, 5.74) is 0.822. The molecule has 0 bridgehead atoms. The summed E-state index contributed by atoms with van der Waals surface area (Å²) in [5.74, 6) is 0.800. The van der Waals surface area contributed by atoms with Gasteiger partial charge in [0, 0.05) is 33.3 Å². The van der Waals surface area contributed by atoms with Gasteiger partial charge in [0.15, 0.2) is 5.96 Å². The van der Waals surface area contributed by atoms with Crippen LogP contribution in [0.1, 0.15) is 25.0 Å². The van der Waals surface area contributed by atoms with Gasteiger partial charge in [-0.15, -0.1) is 0 Å². The number of hydrogen-bond donors (Lipinski definition) is 1. The van der Waals surface area contributed by atoms with Crippen LogP contribution in [0.4, 0.5) is 0 Å². The van der Waals surface area contributed by atoms with Crippen molar-refractivity contribution in [2.75, 3.05) is 33.7 Å². The smallest absolute Gasteiger partial charge is 0.241 e. The SMILES string of the molecule is CN=C(NCC(=O)N1CCCCC1)N(C)Cc1ccon1. The van der Waals surface area contributed by atoms with Crippen LogP contribution in [-0.2, 0) is 11.3 Å². The molecule has 2 heterocycles.